The lowest BCUT2D eigenvalue weighted by Crippen LogP contribution is -2.24. The lowest BCUT2D eigenvalue weighted by Gasteiger charge is -2.01. The quantitative estimate of drug-likeness (QED) is 0.787. The number of carbonyl (C=O) groups excluding carboxylic acids is 1. The zero-order valence-electron chi connectivity index (χ0n) is 8.03. The van der Waals surface area contributed by atoms with Gasteiger partial charge in [-0.05, 0) is 12.1 Å². The first kappa shape index (κ1) is 10.7. The van der Waals surface area contributed by atoms with E-state index in [9.17, 15) is 18.0 Å². The molecule has 0 bridgehead atoms. The maximum absolute atomic E-state index is 12.0. The van der Waals surface area contributed by atoms with Crippen molar-refractivity contribution in [3.8, 4) is 0 Å². The van der Waals surface area contributed by atoms with Gasteiger partial charge < -0.3 is 4.40 Å². The van der Waals surface area contributed by atoms with Gasteiger partial charge in [0.25, 0.3) is 0 Å². The van der Waals surface area contributed by atoms with E-state index in [1.165, 1.54) is 6.20 Å². The zero-order chi connectivity index (χ0) is 11.8. The molecule has 2 aromatic heterocycles. The van der Waals surface area contributed by atoms with Crippen LogP contribution in [-0.2, 0) is 11.2 Å². The molecule has 2 heterocycles. The molecular weight excluding hydrogens is 221 g/mol. The van der Waals surface area contributed by atoms with Gasteiger partial charge in [0.05, 0.1) is 12.1 Å². The smallest absolute Gasteiger partial charge is 0.307 e. The predicted octanol–water partition coefficient (Wildman–Crippen LogP) is 2.01. The maximum Gasteiger partial charge on any atom is 0.450 e. The summed E-state index contributed by atoms with van der Waals surface area (Å²) in [5, 5.41) is 0. The van der Waals surface area contributed by atoms with Crippen molar-refractivity contribution >= 4 is 11.4 Å². The van der Waals surface area contributed by atoms with Crippen LogP contribution < -0.4 is 0 Å². The molecule has 0 aliphatic heterocycles. The van der Waals surface area contributed by atoms with Crippen LogP contribution in [0.5, 0.6) is 0 Å². The van der Waals surface area contributed by atoms with Crippen LogP contribution in [0.1, 0.15) is 5.69 Å². The summed E-state index contributed by atoms with van der Waals surface area (Å²) in [7, 11) is 0. The molecule has 0 aromatic carbocycles. The van der Waals surface area contributed by atoms with E-state index in [-0.39, 0.29) is 5.69 Å². The highest BCUT2D eigenvalue weighted by atomic mass is 19.4. The summed E-state index contributed by atoms with van der Waals surface area (Å²) >= 11 is 0. The molecule has 0 aliphatic rings. The average Bonchev–Trinajstić information content (AvgIpc) is 2.58. The fraction of sp³-hybridized carbons (Fsp3) is 0.200. The van der Waals surface area contributed by atoms with Gasteiger partial charge in [-0.3, -0.25) is 4.79 Å². The number of hydrogen-bond acceptors (Lipinski definition) is 2. The highest BCUT2D eigenvalue weighted by molar-refractivity contribution is 5.85. The molecule has 2 rings (SSSR count). The Hall–Kier alpha value is -1.85. The van der Waals surface area contributed by atoms with Gasteiger partial charge in [-0.2, -0.15) is 13.2 Å². The monoisotopic (exact) mass is 228 g/mol. The highest BCUT2D eigenvalue weighted by Gasteiger charge is 2.38. The lowest BCUT2D eigenvalue weighted by molar-refractivity contribution is -0.170. The second kappa shape index (κ2) is 3.62. The molecular formula is C10H7F3N2O. The molecule has 0 fully saturated rings. The van der Waals surface area contributed by atoms with E-state index in [4.69, 9.17) is 0 Å². The second-order valence-corrected chi connectivity index (χ2v) is 3.30. The van der Waals surface area contributed by atoms with Crippen molar-refractivity contribution in [1.29, 1.82) is 0 Å². The van der Waals surface area contributed by atoms with E-state index < -0.39 is 18.4 Å². The summed E-state index contributed by atoms with van der Waals surface area (Å²) in [6.45, 7) is 0. The van der Waals surface area contributed by atoms with Gasteiger partial charge in [0.15, 0.2) is 0 Å². The molecule has 0 unspecified atom stereocenters. The van der Waals surface area contributed by atoms with Crippen molar-refractivity contribution in [3.63, 3.8) is 0 Å². The first-order valence-corrected chi connectivity index (χ1v) is 4.49. The Bertz CT molecular complexity index is 497. The Morgan fingerprint density at radius 1 is 1.38 bits per heavy atom. The summed E-state index contributed by atoms with van der Waals surface area (Å²) in [5.74, 6) is -1.78. The Morgan fingerprint density at radius 2 is 2.12 bits per heavy atom. The van der Waals surface area contributed by atoms with Crippen LogP contribution in [0.3, 0.4) is 0 Å². The summed E-state index contributed by atoms with van der Waals surface area (Å²) < 4.78 is 37.6. The fourth-order valence-electron chi connectivity index (χ4n) is 1.34. The summed E-state index contributed by atoms with van der Waals surface area (Å²) in [4.78, 5) is 14.6. The Kier molecular flexibility index (Phi) is 2.41. The summed E-state index contributed by atoms with van der Waals surface area (Å²) in [6, 6.07) is 5.10. The average molecular weight is 228 g/mol. The SMILES string of the molecule is O=C(Cc1cn2ccccc2n1)C(F)(F)F. The molecule has 0 spiro atoms. The minimum absolute atomic E-state index is 0.119. The first-order chi connectivity index (χ1) is 7.47. The molecule has 2 aromatic rings. The van der Waals surface area contributed by atoms with Gasteiger partial charge >= 0.3 is 6.18 Å². The van der Waals surface area contributed by atoms with Crippen LogP contribution in [0.2, 0.25) is 0 Å². The number of pyridine rings is 1. The number of alkyl halides is 3. The van der Waals surface area contributed by atoms with Crippen LogP contribution >= 0.6 is 0 Å². The third-order valence-corrected chi connectivity index (χ3v) is 2.07. The van der Waals surface area contributed by atoms with E-state index in [1.807, 2.05) is 0 Å². The molecule has 0 saturated heterocycles. The van der Waals surface area contributed by atoms with Gasteiger partial charge in [-0.15, -0.1) is 0 Å². The molecule has 0 aliphatic carbocycles. The van der Waals surface area contributed by atoms with Crippen molar-refractivity contribution in [2.75, 3.05) is 0 Å². The van der Waals surface area contributed by atoms with Crippen molar-refractivity contribution in [3.05, 3.63) is 36.3 Å². The normalized spacial score (nSPS) is 11.9. The predicted molar refractivity (Wildman–Crippen MR) is 50.0 cm³/mol. The number of hydrogen-bond donors (Lipinski definition) is 0. The Morgan fingerprint density at radius 3 is 2.75 bits per heavy atom. The largest absolute Gasteiger partial charge is 0.450 e. The van der Waals surface area contributed by atoms with E-state index >= 15 is 0 Å². The van der Waals surface area contributed by atoms with Crippen LogP contribution in [0.15, 0.2) is 30.6 Å². The minimum atomic E-state index is -4.80. The van der Waals surface area contributed by atoms with Gasteiger partial charge in [0.1, 0.15) is 5.65 Å². The molecule has 3 nitrogen and oxygen atoms in total. The third kappa shape index (κ3) is 2.05. The van der Waals surface area contributed by atoms with Crippen LogP contribution in [0, 0.1) is 0 Å². The standard InChI is InChI=1S/C10H7F3N2O/c11-10(12,13)8(16)5-7-6-15-4-2-1-3-9(15)14-7/h1-4,6H,5H2. The van der Waals surface area contributed by atoms with Gasteiger partial charge in [-0.1, -0.05) is 6.07 Å². The van der Waals surface area contributed by atoms with Gasteiger partial charge in [-0.25, -0.2) is 4.98 Å². The molecule has 16 heavy (non-hydrogen) atoms. The Labute approximate surface area is 88.5 Å². The molecule has 84 valence electrons. The lowest BCUT2D eigenvalue weighted by atomic mass is 10.2. The van der Waals surface area contributed by atoms with E-state index in [0.29, 0.717) is 5.65 Å². The van der Waals surface area contributed by atoms with E-state index in [1.54, 1.807) is 28.8 Å². The highest BCUT2D eigenvalue weighted by Crippen LogP contribution is 2.18. The van der Waals surface area contributed by atoms with E-state index in [2.05, 4.69) is 4.98 Å². The number of fused-ring (bicyclic) bond motifs is 1. The van der Waals surface area contributed by atoms with Gasteiger partial charge in [0.2, 0.25) is 5.78 Å². The van der Waals surface area contributed by atoms with Crippen molar-refractivity contribution in [2.45, 2.75) is 12.6 Å². The van der Waals surface area contributed by atoms with Crippen LogP contribution in [0.4, 0.5) is 13.2 Å². The molecule has 0 atom stereocenters. The number of rotatable bonds is 2. The van der Waals surface area contributed by atoms with E-state index in [0.717, 1.165) is 0 Å². The summed E-state index contributed by atoms with van der Waals surface area (Å²) in [5.41, 5.74) is 0.640. The number of ketones is 1. The maximum atomic E-state index is 12.0. The molecule has 0 amide bonds. The Balaban J connectivity index is 2.25. The number of imidazole rings is 1. The summed E-state index contributed by atoms with van der Waals surface area (Å²) in [6.07, 6.45) is -2.44. The number of carbonyl (C=O) groups is 1. The third-order valence-electron chi connectivity index (χ3n) is 2.07. The molecule has 0 N–H and O–H groups in total. The number of halogens is 3. The first-order valence-electron chi connectivity index (χ1n) is 4.49. The topological polar surface area (TPSA) is 34.4 Å². The van der Waals surface area contributed by atoms with Crippen LogP contribution in [0.25, 0.3) is 5.65 Å². The molecule has 6 heteroatoms. The minimum Gasteiger partial charge on any atom is -0.307 e. The van der Waals surface area contributed by atoms with Gasteiger partial charge in [0, 0.05) is 12.4 Å². The molecule has 0 saturated carbocycles. The molecule has 0 radical (unpaired) electrons. The zero-order valence-corrected chi connectivity index (χ0v) is 8.03. The van der Waals surface area contributed by atoms with Crippen LogP contribution in [-0.4, -0.2) is 21.3 Å². The number of Topliss-reactive ketones (excluding diaryl/α,β-unsaturated/α-hetero) is 1. The fourth-order valence-corrected chi connectivity index (χ4v) is 1.34. The van der Waals surface area contributed by atoms with Crippen molar-refractivity contribution in [2.24, 2.45) is 0 Å². The second-order valence-electron chi connectivity index (χ2n) is 3.30. The number of aromatic nitrogens is 2. The number of nitrogens with zero attached hydrogens (tertiary/aromatic N) is 2. The van der Waals surface area contributed by atoms with Crippen molar-refractivity contribution < 1.29 is 18.0 Å². The van der Waals surface area contributed by atoms with Crippen molar-refractivity contribution in [1.82, 2.24) is 9.38 Å².